The first-order chi connectivity index (χ1) is 11.3. The number of hydrogen-bond donors (Lipinski definition) is 2. The molecule has 0 fully saturated rings. The molecule has 0 unspecified atom stereocenters. The Labute approximate surface area is 142 Å². The van der Waals surface area contributed by atoms with Crippen molar-refractivity contribution in [2.24, 2.45) is 0 Å². The third-order valence-electron chi connectivity index (χ3n) is 3.07. The Morgan fingerprint density at radius 1 is 1.21 bits per heavy atom. The Hall–Kier alpha value is -2.12. The summed E-state index contributed by atoms with van der Waals surface area (Å²) >= 11 is 0. The Morgan fingerprint density at radius 2 is 1.88 bits per heavy atom. The lowest BCUT2D eigenvalue weighted by atomic mass is 10.1. The molecule has 0 bridgehead atoms. The maximum absolute atomic E-state index is 10.0. The fraction of sp³-hybridized carbons (Fsp3) is 0.529. The molecule has 0 amide bonds. The number of ether oxygens (including phenoxy) is 2. The van der Waals surface area contributed by atoms with Crippen LogP contribution in [0.5, 0.6) is 11.5 Å². The van der Waals surface area contributed by atoms with E-state index in [2.05, 4.69) is 15.5 Å². The zero-order valence-electron chi connectivity index (χ0n) is 14.6. The van der Waals surface area contributed by atoms with E-state index in [1.54, 1.807) is 19.1 Å². The minimum absolute atomic E-state index is 0.0514. The van der Waals surface area contributed by atoms with Crippen LogP contribution in [-0.2, 0) is 6.61 Å². The summed E-state index contributed by atoms with van der Waals surface area (Å²) in [5.41, 5.74) is -0.0514. The Kier molecular flexibility index (Phi) is 6.16. The summed E-state index contributed by atoms with van der Waals surface area (Å²) in [5.74, 6) is 2.08. The minimum Gasteiger partial charge on any atom is -0.487 e. The highest BCUT2D eigenvalue weighted by Crippen LogP contribution is 2.27. The van der Waals surface area contributed by atoms with E-state index in [9.17, 15) is 5.11 Å². The van der Waals surface area contributed by atoms with Crippen molar-refractivity contribution in [3.8, 4) is 11.5 Å². The number of rotatable bonds is 8. The summed E-state index contributed by atoms with van der Waals surface area (Å²) in [6.07, 6.45) is -0.615. The van der Waals surface area contributed by atoms with Crippen molar-refractivity contribution in [3.63, 3.8) is 0 Å². The molecule has 2 rings (SSSR count). The van der Waals surface area contributed by atoms with Crippen molar-refractivity contribution in [2.75, 3.05) is 13.2 Å². The topological polar surface area (TPSA) is 89.6 Å². The van der Waals surface area contributed by atoms with Gasteiger partial charge in [-0.1, -0.05) is 17.3 Å². The van der Waals surface area contributed by atoms with E-state index in [0.29, 0.717) is 29.8 Å². The first-order valence-corrected chi connectivity index (χ1v) is 7.90. The molecular formula is C17H25N3O4. The summed E-state index contributed by atoms with van der Waals surface area (Å²) in [7, 11) is 0. The number of para-hydroxylation sites is 2. The second-order valence-corrected chi connectivity index (χ2v) is 6.57. The van der Waals surface area contributed by atoms with Crippen LogP contribution in [-0.4, -0.2) is 40.0 Å². The largest absolute Gasteiger partial charge is 0.487 e. The lowest BCUT2D eigenvalue weighted by Gasteiger charge is -2.23. The zero-order chi connectivity index (χ0) is 17.6. The lowest BCUT2D eigenvalue weighted by Crippen LogP contribution is -2.42. The van der Waals surface area contributed by atoms with Crippen molar-refractivity contribution in [1.82, 2.24) is 15.5 Å². The summed E-state index contributed by atoms with van der Waals surface area (Å²) in [4.78, 5) is 4.09. The lowest BCUT2D eigenvalue weighted by molar-refractivity contribution is 0.0973. The number of aliphatic hydroxyl groups excluding tert-OH is 1. The van der Waals surface area contributed by atoms with Crippen LogP contribution >= 0.6 is 0 Å². The second kappa shape index (κ2) is 8.12. The molecule has 7 nitrogen and oxygen atoms in total. The molecule has 2 aromatic rings. The Bertz CT molecular complexity index is 637. The molecule has 24 heavy (non-hydrogen) atoms. The molecule has 1 aromatic heterocycles. The van der Waals surface area contributed by atoms with E-state index in [-0.39, 0.29) is 18.8 Å². The van der Waals surface area contributed by atoms with E-state index < -0.39 is 6.10 Å². The van der Waals surface area contributed by atoms with Gasteiger partial charge >= 0.3 is 0 Å². The van der Waals surface area contributed by atoms with Crippen LogP contribution in [0, 0.1) is 6.92 Å². The third kappa shape index (κ3) is 6.17. The normalized spacial score (nSPS) is 12.9. The molecule has 1 aromatic carbocycles. The van der Waals surface area contributed by atoms with Crippen LogP contribution in [0.1, 0.15) is 32.5 Å². The summed E-state index contributed by atoms with van der Waals surface area (Å²) in [5, 5.41) is 17.0. The maximum atomic E-state index is 10.0. The average Bonchev–Trinajstić information content (AvgIpc) is 2.94. The van der Waals surface area contributed by atoms with Gasteiger partial charge in [0.2, 0.25) is 0 Å². The second-order valence-electron chi connectivity index (χ2n) is 6.57. The quantitative estimate of drug-likeness (QED) is 0.763. The Morgan fingerprint density at radius 3 is 2.46 bits per heavy atom. The number of nitrogens with zero attached hydrogens (tertiary/aromatic N) is 2. The van der Waals surface area contributed by atoms with Gasteiger partial charge in [0, 0.05) is 12.1 Å². The molecule has 0 aliphatic heterocycles. The number of benzene rings is 1. The van der Waals surface area contributed by atoms with Gasteiger partial charge in [0.15, 0.2) is 23.9 Å². The molecule has 0 radical (unpaired) electrons. The molecule has 0 saturated carbocycles. The predicted octanol–water partition coefficient (Wildman–Crippen LogP) is 2.08. The summed E-state index contributed by atoms with van der Waals surface area (Å²) in [6, 6.07) is 7.27. The van der Waals surface area contributed by atoms with Gasteiger partial charge in [-0.3, -0.25) is 0 Å². The highest BCUT2D eigenvalue weighted by atomic mass is 16.5. The number of aromatic nitrogens is 2. The zero-order valence-corrected chi connectivity index (χ0v) is 14.6. The first-order valence-electron chi connectivity index (χ1n) is 7.90. The number of β-amino-alcohol motifs (C(OH)–C–C–N with tert-alkyl or cyclic N) is 1. The van der Waals surface area contributed by atoms with Crippen LogP contribution in [0.15, 0.2) is 28.8 Å². The highest BCUT2D eigenvalue weighted by Gasteiger charge is 2.14. The van der Waals surface area contributed by atoms with E-state index in [0.717, 1.165) is 0 Å². The van der Waals surface area contributed by atoms with Gasteiger partial charge < -0.3 is 24.4 Å². The van der Waals surface area contributed by atoms with Crippen molar-refractivity contribution in [2.45, 2.75) is 45.9 Å². The van der Waals surface area contributed by atoms with E-state index in [4.69, 9.17) is 14.0 Å². The molecule has 0 aliphatic rings. The summed E-state index contributed by atoms with van der Waals surface area (Å²) in [6.45, 7) is 8.66. The SMILES string of the molecule is Cc1noc(COc2ccccc2OC[C@H](O)CNC(C)(C)C)n1. The predicted molar refractivity (Wildman–Crippen MR) is 89.1 cm³/mol. The molecule has 0 aliphatic carbocycles. The van der Waals surface area contributed by atoms with Crippen LogP contribution < -0.4 is 14.8 Å². The first kappa shape index (κ1) is 18.2. The van der Waals surface area contributed by atoms with Gasteiger partial charge in [0.05, 0.1) is 0 Å². The van der Waals surface area contributed by atoms with E-state index >= 15 is 0 Å². The van der Waals surface area contributed by atoms with E-state index in [1.165, 1.54) is 0 Å². The average molecular weight is 335 g/mol. The number of aliphatic hydroxyl groups is 1. The van der Waals surface area contributed by atoms with Crippen molar-refractivity contribution < 1.29 is 19.1 Å². The van der Waals surface area contributed by atoms with Crippen LogP contribution in [0.4, 0.5) is 0 Å². The standard InChI is InChI=1S/C17H25N3O4/c1-12-19-16(24-20-12)11-23-15-8-6-5-7-14(15)22-10-13(21)9-18-17(2,3)4/h5-8,13,18,21H,9-11H2,1-4H3/t13-/m1/s1. The molecule has 132 valence electrons. The Balaban J connectivity index is 1.86. The van der Waals surface area contributed by atoms with E-state index in [1.807, 2.05) is 32.9 Å². The molecule has 7 heteroatoms. The van der Waals surface area contributed by atoms with Crippen molar-refractivity contribution in [3.05, 3.63) is 36.0 Å². The molecular weight excluding hydrogens is 310 g/mol. The van der Waals surface area contributed by atoms with Crippen LogP contribution in [0.25, 0.3) is 0 Å². The third-order valence-corrected chi connectivity index (χ3v) is 3.07. The van der Waals surface area contributed by atoms with Gasteiger partial charge in [-0.05, 0) is 39.8 Å². The summed E-state index contributed by atoms with van der Waals surface area (Å²) < 4.78 is 16.4. The van der Waals surface area contributed by atoms with Gasteiger partial charge in [-0.25, -0.2) is 0 Å². The van der Waals surface area contributed by atoms with Gasteiger partial charge in [-0.2, -0.15) is 4.98 Å². The number of nitrogens with one attached hydrogen (secondary N) is 1. The molecule has 0 spiro atoms. The maximum Gasteiger partial charge on any atom is 0.264 e. The number of hydrogen-bond acceptors (Lipinski definition) is 7. The number of aryl methyl sites for hydroxylation is 1. The fourth-order valence-corrected chi connectivity index (χ4v) is 1.90. The van der Waals surface area contributed by atoms with Gasteiger partial charge in [0.1, 0.15) is 12.7 Å². The van der Waals surface area contributed by atoms with Gasteiger partial charge in [-0.15, -0.1) is 0 Å². The minimum atomic E-state index is -0.615. The van der Waals surface area contributed by atoms with Crippen LogP contribution in [0.2, 0.25) is 0 Å². The van der Waals surface area contributed by atoms with Crippen molar-refractivity contribution >= 4 is 0 Å². The van der Waals surface area contributed by atoms with Crippen molar-refractivity contribution in [1.29, 1.82) is 0 Å². The molecule has 1 heterocycles. The molecule has 1 atom stereocenters. The molecule has 2 N–H and O–H groups in total. The molecule has 0 saturated heterocycles. The van der Waals surface area contributed by atoms with Crippen LogP contribution in [0.3, 0.4) is 0 Å². The monoisotopic (exact) mass is 335 g/mol. The van der Waals surface area contributed by atoms with Gasteiger partial charge in [0.25, 0.3) is 5.89 Å². The smallest absolute Gasteiger partial charge is 0.264 e. The fourth-order valence-electron chi connectivity index (χ4n) is 1.90. The highest BCUT2D eigenvalue weighted by molar-refractivity contribution is 5.39.